The van der Waals surface area contributed by atoms with Crippen molar-refractivity contribution in [3.05, 3.63) is 59.1 Å². The molecule has 27 heavy (non-hydrogen) atoms. The molecule has 6 nitrogen and oxygen atoms in total. The summed E-state index contributed by atoms with van der Waals surface area (Å²) in [5, 5.41) is 0.603. The molecule has 0 amide bonds. The van der Waals surface area contributed by atoms with Gasteiger partial charge in [0.2, 0.25) is 10.0 Å². The normalized spacial score (nSPS) is 11.6. The first kappa shape index (κ1) is 21.2. The summed E-state index contributed by atoms with van der Waals surface area (Å²) in [6, 6.07) is 12.4. The van der Waals surface area contributed by atoms with Crippen LogP contribution in [0.3, 0.4) is 0 Å². The fourth-order valence-electron chi connectivity index (χ4n) is 2.14. The molecule has 0 spiro atoms. The van der Waals surface area contributed by atoms with Crippen LogP contribution in [-0.4, -0.2) is 45.0 Å². The molecule has 2 aromatic rings. The average molecular weight is 412 g/mol. The Bertz CT molecular complexity index is 881. The first-order valence-electron chi connectivity index (χ1n) is 8.35. The van der Waals surface area contributed by atoms with Crippen LogP contribution in [0.25, 0.3) is 0 Å². The van der Waals surface area contributed by atoms with Crippen molar-refractivity contribution < 1.29 is 22.7 Å². The number of hydrogen-bond donors (Lipinski definition) is 0. The van der Waals surface area contributed by atoms with Gasteiger partial charge in [0.25, 0.3) is 0 Å². The average Bonchev–Trinajstić information content (AvgIpc) is 2.65. The summed E-state index contributed by atoms with van der Waals surface area (Å²) in [5.74, 6) is -0.000724. The highest BCUT2D eigenvalue weighted by Gasteiger charge is 2.24. The second kappa shape index (κ2) is 9.21. The number of sulfonamides is 1. The highest BCUT2D eigenvalue weighted by atomic mass is 35.5. The van der Waals surface area contributed by atoms with E-state index in [0.717, 1.165) is 0 Å². The summed E-state index contributed by atoms with van der Waals surface area (Å²) < 4.78 is 36.9. The van der Waals surface area contributed by atoms with Crippen molar-refractivity contribution in [2.24, 2.45) is 0 Å². The number of carbonyl (C=O) groups excluding carboxylic acids is 1. The second-order valence-corrected chi connectivity index (χ2v) is 8.52. The Morgan fingerprint density at radius 2 is 1.78 bits per heavy atom. The molecule has 0 aliphatic heterocycles. The minimum Gasteiger partial charge on any atom is -0.490 e. The molecule has 0 aliphatic rings. The summed E-state index contributed by atoms with van der Waals surface area (Å²) in [7, 11) is -2.17. The number of hydrogen-bond acceptors (Lipinski definition) is 5. The monoisotopic (exact) mass is 411 g/mol. The molecule has 2 aromatic carbocycles. The van der Waals surface area contributed by atoms with Crippen molar-refractivity contribution >= 4 is 27.6 Å². The van der Waals surface area contributed by atoms with Crippen LogP contribution < -0.4 is 4.74 Å². The Kier molecular flexibility index (Phi) is 7.24. The summed E-state index contributed by atoms with van der Waals surface area (Å²) in [6.45, 7) is 3.75. The van der Waals surface area contributed by atoms with Crippen LogP contribution in [0.1, 0.15) is 24.2 Å². The Hall–Kier alpha value is -2.09. The van der Waals surface area contributed by atoms with Crippen LogP contribution in [0.15, 0.2) is 53.4 Å². The van der Waals surface area contributed by atoms with Gasteiger partial charge in [-0.1, -0.05) is 17.7 Å². The van der Waals surface area contributed by atoms with Crippen molar-refractivity contribution in [3.63, 3.8) is 0 Å². The van der Waals surface area contributed by atoms with Gasteiger partial charge in [-0.05, 0) is 56.3 Å². The lowest BCUT2D eigenvalue weighted by Gasteiger charge is -2.21. The van der Waals surface area contributed by atoms with Gasteiger partial charge in [-0.3, -0.25) is 0 Å². The van der Waals surface area contributed by atoms with Crippen molar-refractivity contribution in [2.75, 3.05) is 20.3 Å². The zero-order chi connectivity index (χ0) is 20.0. The smallest absolute Gasteiger partial charge is 0.338 e. The van der Waals surface area contributed by atoms with Gasteiger partial charge < -0.3 is 9.47 Å². The van der Waals surface area contributed by atoms with Crippen LogP contribution in [0.5, 0.6) is 5.75 Å². The lowest BCUT2D eigenvalue weighted by molar-refractivity contribution is 0.0450. The minimum atomic E-state index is -3.67. The first-order chi connectivity index (χ1) is 12.7. The maximum Gasteiger partial charge on any atom is 0.338 e. The molecular weight excluding hydrogens is 390 g/mol. The highest BCUT2D eigenvalue weighted by molar-refractivity contribution is 7.89. The van der Waals surface area contributed by atoms with Gasteiger partial charge in [0.05, 0.1) is 10.5 Å². The van der Waals surface area contributed by atoms with Crippen LogP contribution in [-0.2, 0) is 14.8 Å². The molecule has 0 radical (unpaired) electrons. The largest absolute Gasteiger partial charge is 0.490 e. The molecule has 0 N–H and O–H groups in total. The number of nitrogens with zero attached hydrogens (tertiary/aromatic N) is 1. The summed E-state index contributed by atoms with van der Waals surface area (Å²) in [4.78, 5) is 12.2. The molecular formula is C19H22ClNO5S. The SMILES string of the molecule is CC(C)N(C)S(=O)(=O)c1cccc(C(=O)OCCOc2ccc(Cl)cc2)c1. The molecule has 146 valence electrons. The third-order valence-corrected chi connectivity index (χ3v) is 6.15. The number of esters is 1. The van der Waals surface area contributed by atoms with Gasteiger partial charge in [-0.2, -0.15) is 4.31 Å². The predicted molar refractivity (Wildman–Crippen MR) is 104 cm³/mol. The molecule has 0 unspecified atom stereocenters. The van der Waals surface area contributed by atoms with E-state index >= 15 is 0 Å². The summed E-state index contributed by atoms with van der Waals surface area (Å²) >= 11 is 5.79. The standard InChI is InChI=1S/C19H22ClNO5S/c1-14(2)21(3)27(23,24)18-6-4-5-15(13-18)19(22)26-12-11-25-17-9-7-16(20)8-10-17/h4-10,13-14H,11-12H2,1-3H3. The third-order valence-electron chi connectivity index (χ3n) is 3.87. The zero-order valence-electron chi connectivity index (χ0n) is 15.4. The fourth-order valence-corrected chi connectivity index (χ4v) is 3.68. The number of halogens is 1. The maximum atomic E-state index is 12.5. The summed E-state index contributed by atoms with van der Waals surface area (Å²) in [6.07, 6.45) is 0. The number of carbonyl (C=O) groups is 1. The van der Waals surface area contributed by atoms with Crippen LogP contribution in [0.2, 0.25) is 5.02 Å². The van der Waals surface area contributed by atoms with Crippen LogP contribution >= 0.6 is 11.6 Å². The lowest BCUT2D eigenvalue weighted by atomic mass is 10.2. The Balaban J connectivity index is 1.96. The molecule has 8 heteroatoms. The molecule has 0 bridgehead atoms. The van der Waals surface area contributed by atoms with E-state index in [4.69, 9.17) is 21.1 Å². The van der Waals surface area contributed by atoms with E-state index < -0.39 is 16.0 Å². The van der Waals surface area contributed by atoms with Gasteiger partial charge in [0.1, 0.15) is 19.0 Å². The fraction of sp³-hybridized carbons (Fsp3) is 0.316. The minimum absolute atomic E-state index is 0.0321. The third kappa shape index (κ3) is 5.69. The van der Waals surface area contributed by atoms with Crippen molar-refractivity contribution in [1.29, 1.82) is 0 Å². The lowest BCUT2D eigenvalue weighted by Crippen LogP contribution is -2.33. The quantitative estimate of drug-likeness (QED) is 0.490. The molecule has 0 saturated heterocycles. The summed E-state index contributed by atoms with van der Waals surface area (Å²) in [5.41, 5.74) is 0.166. The van der Waals surface area contributed by atoms with Crippen molar-refractivity contribution in [1.82, 2.24) is 4.31 Å². The first-order valence-corrected chi connectivity index (χ1v) is 10.2. The van der Waals surface area contributed by atoms with E-state index in [1.807, 2.05) is 0 Å². The van der Waals surface area contributed by atoms with Gasteiger partial charge >= 0.3 is 5.97 Å². The van der Waals surface area contributed by atoms with E-state index in [0.29, 0.717) is 10.8 Å². The number of rotatable bonds is 8. The molecule has 0 atom stereocenters. The predicted octanol–water partition coefficient (Wildman–Crippen LogP) is 3.60. The van der Waals surface area contributed by atoms with E-state index in [9.17, 15) is 13.2 Å². The zero-order valence-corrected chi connectivity index (χ0v) is 17.0. The maximum absolute atomic E-state index is 12.5. The molecule has 0 aliphatic carbocycles. The van der Waals surface area contributed by atoms with Gasteiger partial charge in [-0.25, -0.2) is 13.2 Å². The van der Waals surface area contributed by atoms with Crippen molar-refractivity contribution in [3.8, 4) is 5.75 Å². The van der Waals surface area contributed by atoms with Crippen molar-refractivity contribution in [2.45, 2.75) is 24.8 Å². The number of benzene rings is 2. The Morgan fingerprint density at radius 1 is 1.11 bits per heavy atom. The molecule has 0 fully saturated rings. The van der Waals surface area contributed by atoms with E-state index in [2.05, 4.69) is 0 Å². The Morgan fingerprint density at radius 3 is 2.41 bits per heavy atom. The van der Waals surface area contributed by atoms with E-state index in [-0.39, 0.29) is 29.7 Å². The molecule has 0 aromatic heterocycles. The topological polar surface area (TPSA) is 72.9 Å². The van der Waals surface area contributed by atoms with Crippen LogP contribution in [0, 0.1) is 0 Å². The Labute approximate surface area is 164 Å². The van der Waals surface area contributed by atoms with Gasteiger partial charge in [-0.15, -0.1) is 0 Å². The molecule has 0 saturated carbocycles. The van der Waals surface area contributed by atoms with E-state index in [1.54, 1.807) is 38.1 Å². The van der Waals surface area contributed by atoms with E-state index in [1.165, 1.54) is 35.6 Å². The number of ether oxygens (including phenoxy) is 2. The van der Waals surface area contributed by atoms with Crippen LogP contribution in [0.4, 0.5) is 0 Å². The van der Waals surface area contributed by atoms with Gasteiger partial charge in [0.15, 0.2) is 0 Å². The molecule has 0 heterocycles. The molecule has 2 rings (SSSR count). The highest BCUT2D eigenvalue weighted by Crippen LogP contribution is 2.18. The van der Waals surface area contributed by atoms with Gasteiger partial charge in [0, 0.05) is 18.1 Å². The second-order valence-electron chi connectivity index (χ2n) is 6.08.